The molecule has 2 aromatic rings. The van der Waals surface area contributed by atoms with Crippen LogP contribution in [0.15, 0.2) is 47.5 Å². The van der Waals surface area contributed by atoms with Crippen LogP contribution in [0.4, 0.5) is 13.2 Å². The number of carbonyl (C=O) groups is 1. The summed E-state index contributed by atoms with van der Waals surface area (Å²) >= 11 is 1.28. The van der Waals surface area contributed by atoms with E-state index in [1.165, 1.54) is 17.8 Å². The van der Waals surface area contributed by atoms with Gasteiger partial charge in [-0.2, -0.15) is 13.2 Å². The Bertz CT molecular complexity index is 893. The van der Waals surface area contributed by atoms with Crippen molar-refractivity contribution >= 4 is 22.8 Å². The smallest absolute Gasteiger partial charge is 0.286 e. The number of amidine groups is 1. The molecule has 0 atom stereocenters. The van der Waals surface area contributed by atoms with Gasteiger partial charge in [0, 0.05) is 17.9 Å². The van der Waals surface area contributed by atoms with E-state index < -0.39 is 11.7 Å². The third-order valence-corrected chi connectivity index (χ3v) is 5.51. The van der Waals surface area contributed by atoms with Gasteiger partial charge in [0.25, 0.3) is 5.91 Å². The Morgan fingerprint density at radius 2 is 1.93 bits per heavy atom. The van der Waals surface area contributed by atoms with Gasteiger partial charge in [-0.05, 0) is 48.7 Å². The Morgan fingerprint density at radius 1 is 1.15 bits per heavy atom. The number of benzene rings is 2. The summed E-state index contributed by atoms with van der Waals surface area (Å²) in [5, 5.41) is 0.552. The van der Waals surface area contributed by atoms with E-state index in [4.69, 9.17) is 0 Å². The summed E-state index contributed by atoms with van der Waals surface area (Å²) in [4.78, 5) is 18.8. The van der Waals surface area contributed by atoms with Crippen molar-refractivity contribution in [3.8, 4) is 0 Å². The number of hydrogen-bond donors (Lipinski definition) is 0. The van der Waals surface area contributed by atoms with Crippen molar-refractivity contribution in [3.63, 3.8) is 0 Å². The Morgan fingerprint density at radius 3 is 2.63 bits per heavy atom. The number of aryl methyl sites for hydroxylation is 2. The van der Waals surface area contributed by atoms with Gasteiger partial charge in [0.1, 0.15) is 0 Å². The third-order valence-electron chi connectivity index (χ3n) is 4.42. The van der Waals surface area contributed by atoms with E-state index in [0.29, 0.717) is 35.1 Å². The highest BCUT2D eigenvalue weighted by molar-refractivity contribution is 8.13. The Balaban J connectivity index is 1.70. The molecule has 0 radical (unpaired) electrons. The highest BCUT2D eigenvalue weighted by Crippen LogP contribution is 2.31. The molecular formula is C20H19F3N2OS. The first kappa shape index (κ1) is 19.5. The predicted molar refractivity (Wildman–Crippen MR) is 102 cm³/mol. The van der Waals surface area contributed by atoms with E-state index in [9.17, 15) is 18.0 Å². The molecular weight excluding hydrogens is 373 g/mol. The largest absolute Gasteiger partial charge is 0.416 e. The van der Waals surface area contributed by atoms with Gasteiger partial charge in [0.2, 0.25) is 0 Å². The molecule has 1 aliphatic rings. The van der Waals surface area contributed by atoms with Crippen LogP contribution in [0, 0.1) is 13.8 Å². The number of halogens is 3. The summed E-state index contributed by atoms with van der Waals surface area (Å²) in [7, 11) is 0. The van der Waals surface area contributed by atoms with Crippen LogP contribution in [-0.2, 0) is 11.9 Å². The molecule has 0 bridgehead atoms. The van der Waals surface area contributed by atoms with E-state index in [-0.39, 0.29) is 5.91 Å². The third kappa shape index (κ3) is 4.53. The quantitative estimate of drug-likeness (QED) is 0.731. The summed E-state index contributed by atoms with van der Waals surface area (Å²) in [6.45, 7) is 4.92. The lowest BCUT2D eigenvalue weighted by Crippen LogP contribution is -2.32. The van der Waals surface area contributed by atoms with Crippen molar-refractivity contribution < 1.29 is 18.0 Å². The molecule has 0 spiro atoms. The van der Waals surface area contributed by atoms with Crippen molar-refractivity contribution in [3.05, 3.63) is 70.3 Å². The lowest BCUT2D eigenvalue weighted by atomic mass is 10.1. The van der Waals surface area contributed by atoms with Gasteiger partial charge in [-0.1, -0.05) is 36.0 Å². The van der Waals surface area contributed by atoms with E-state index in [1.807, 2.05) is 26.0 Å². The average molecular weight is 392 g/mol. The van der Waals surface area contributed by atoms with Crippen LogP contribution in [-0.4, -0.2) is 29.1 Å². The number of thioether (sulfide) groups is 1. The van der Waals surface area contributed by atoms with E-state index in [0.717, 1.165) is 23.3 Å². The first-order valence-corrected chi connectivity index (χ1v) is 9.47. The maximum absolute atomic E-state index is 12.8. The van der Waals surface area contributed by atoms with E-state index in [1.54, 1.807) is 17.0 Å². The first-order valence-electron chi connectivity index (χ1n) is 8.48. The van der Waals surface area contributed by atoms with Gasteiger partial charge in [-0.15, -0.1) is 0 Å². The fraction of sp³-hybridized carbons (Fsp3) is 0.300. The minimum absolute atomic E-state index is 0.133. The van der Waals surface area contributed by atoms with E-state index in [2.05, 4.69) is 4.99 Å². The minimum atomic E-state index is -4.36. The molecule has 0 saturated carbocycles. The van der Waals surface area contributed by atoms with Crippen LogP contribution in [0.3, 0.4) is 0 Å². The minimum Gasteiger partial charge on any atom is -0.286 e. The molecule has 0 N–H and O–H groups in total. The molecule has 0 unspecified atom stereocenters. The standard InChI is InChI=1S/C20H19F3N2OS/c1-13-6-7-16(10-14(13)2)18(26)25-9-8-24-19(25)27-12-15-4-3-5-17(11-15)20(21,22)23/h3-7,10-11H,8-9,12H2,1-2H3. The van der Waals surface area contributed by atoms with Crippen molar-refractivity contribution in [2.45, 2.75) is 25.8 Å². The summed E-state index contributed by atoms with van der Waals surface area (Å²) in [5.41, 5.74) is 2.61. The Hall–Kier alpha value is -2.28. The molecule has 1 aliphatic heterocycles. The zero-order chi connectivity index (χ0) is 19.6. The SMILES string of the molecule is Cc1ccc(C(=O)N2CCN=C2SCc2cccc(C(F)(F)F)c2)cc1C. The highest BCUT2D eigenvalue weighted by Gasteiger charge is 2.30. The molecule has 3 rings (SSSR count). The molecule has 3 nitrogen and oxygen atoms in total. The van der Waals surface area contributed by atoms with Crippen molar-refractivity contribution in [2.24, 2.45) is 4.99 Å². The van der Waals surface area contributed by atoms with E-state index >= 15 is 0 Å². The summed E-state index contributed by atoms with van der Waals surface area (Å²) in [5.74, 6) is 0.185. The maximum Gasteiger partial charge on any atom is 0.416 e. The molecule has 0 aliphatic carbocycles. The normalized spacial score (nSPS) is 14.4. The van der Waals surface area contributed by atoms with Gasteiger partial charge >= 0.3 is 6.18 Å². The molecule has 1 amide bonds. The molecule has 7 heteroatoms. The van der Waals surface area contributed by atoms with Gasteiger partial charge < -0.3 is 0 Å². The number of amides is 1. The highest BCUT2D eigenvalue weighted by atomic mass is 32.2. The first-order chi connectivity index (χ1) is 12.8. The second kappa shape index (κ2) is 7.76. The van der Waals surface area contributed by atoms with Crippen LogP contribution in [0.5, 0.6) is 0 Å². The second-order valence-electron chi connectivity index (χ2n) is 6.41. The zero-order valence-corrected chi connectivity index (χ0v) is 15.8. The van der Waals surface area contributed by atoms with Gasteiger partial charge in [-0.25, -0.2) is 0 Å². The monoisotopic (exact) mass is 392 g/mol. The van der Waals surface area contributed by atoms with Crippen LogP contribution in [0.1, 0.15) is 32.6 Å². The molecule has 0 fully saturated rings. The summed E-state index contributed by atoms with van der Waals surface area (Å²) in [6.07, 6.45) is -4.36. The molecule has 0 aromatic heterocycles. The molecule has 0 saturated heterocycles. The van der Waals surface area contributed by atoms with Crippen molar-refractivity contribution in [2.75, 3.05) is 13.1 Å². The van der Waals surface area contributed by atoms with Gasteiger partial charge in [-0.3, -0.25) is 14.7 Å². The summed E-state index contributed by atoms with van der Waals surface area (Å²) in [6, 6.07) is 10.8. The zero-order valence-electron chi connectivity index (χ0n) is 15.0. The van der Waals surface area contributed by atoms with Crippen LogP contribution in [0.25, 0.3) is 0 Å². The average Bonchev–Trinajstić information content (AvgIpc) is 3.10. The van der Waals surface area contributed by atoms with Crippen LogP contribution < -0.4 is 0 Å². The topological polar surface area (TPSA) is 32.7 Å². The lowest BCUT2D eigenvalue weighted by molar-refractivity contribution is -0.137. The van der Waals surface area contributed by atoms with Gasteiger partial charge in [0.05, 0.1) is 12.1 Å². The number of nitrogens with zero attached hydrogens (tertiary/aromatic N) is 2. The Labute approximate surface area is 160 Å². The molecule has 142 valence electrons. The number of carbonyl (C=O) groups excluding carboxylic acids is 1. The molecule has 1 heterocycles. The second-order valence-corrected chi connectivity index (χ2v) is 7.35. The number of hydrogen-bond acceptors (Lipinski definition) is 3. The molecule has 2 aromatic carbocycles. The number of rotatable bonds is 3. The number of alkyl halides is 3. The fourth-order valence-corrected chi connectivity index (χ4v) is 3.74. The number of aliphatic imine (C=N–C) groups is 1. The van der Waals surface area contributed by atoms with Crippen LogP contribution in [0.2, 0.25) is 0 Å². The van der Waals surface area contributed by atoms with Crippen molar-refractivity contribution in [1.29, 1.82) is 0 Å². The lowest BCUT2D eigenvalue weighted by Gasteiger charge is -2.18. The fourth-order valence-electron chi connectivity index (χ4n) is 2.75. The predicted octanol–water partition coefficient (Wildman–Crippen LogP) is 5.07. The maximum atomic E-state index is 12.8. The molecule has 27 heavy (non-hydrogen) atoms. The van der Waals surface area contributed by atoms with Gasteiger partial charge in [0.15, 0.2) is 5.17 Å². The Kier molecular flexibility index (Phi) is 5.60. The summed E-state index contributed by atoms with van der Waals surface area (Å²) < 4.78 is 38.5. The van der Waals surface area contributed by atoms with Crippen LogP contribution >= 0.6 is 11.8 Å². The van der Waals surface area contributed by atoms with Crippen molar-refractivity contribution in [1.82, 2.24) is 4.90 Å².